The number of nitrogens with two attached hydrogens (primary N) is 2. The molecule has 0 aliphatic carbocycles. The minimum Gasteiger partial charge on any atom is -0.481 e. The lowest BCUT2D eigenvalue weighted by atomic mass is 10.0. The van der Waals surface area contributed by atoms with Crippen molar-refractivity contribution in [3.63, 3.8) is 0 Å². The van der Waals surface area contributed by atoms with Crippen LogP contribution in [0.1, 0.15) is 65.2 Å². The molecule has 0 aromatic carbocycles. The van der Waals surface area contributed by atoms with Gasteiger partial charge >= 0.3 is 11.9 Å². The van der Waals surface area contributed by atoms with Crippen LogP contribution in [-0.2, 0) is 38.4 Å². The molecule has 6 atom stereocenters. The fourth-order valence-electron chi connectivity index (χ4n) is 5.30. The van der Waals surface area contributed by atoms with E-state index in [1.54, 1.807) is 6.26 Å². The standard InChI is InChI=1S/C31H54N8O11S/c1-17(2)13-18(33)26(44)38-22(16-40)30(48)39-11-6-8-23(39)29(47)34-15-24(41)35-19(7-4-5-10-32)27(45)37-21(14-25(42)43)28(46)36-20(31(49)50)9-12-51-3/h17-23,40H,4-16,32-33H2,1-3H3,(H,34,47)(H,35,41)(H,36,46)(H,37,45)(H,38,44)(H,42,43)(H,49,50)/t18-,19-,20-,21-,22-,23-/m0/s1. The van der Waals surface area contributed by atoms with Crippen LogP contribution >= 0.6 is 11.8 Å². The number of aliphatic carboxylic acids is 2. The summed E-state index contributed by atoms with van der Waals surface area (Å²) in [6, 6.07) is -7.51. The second kappa shape index (κ2) is 23.5. The number of unbranched alkanes of at least 4 members (excludes halogenated alkanes) is 1. The van der Waals surface area contributed by atoms with Gasteiger partial charge in [0.1, 0.15) is 30.2 Å². The van der Waals surface area contributed by atoms with Crippen molar-refractivity contribution in [2.45, 2.75) is 101 Å². The highest BCUT2D eigenvalue weighted by molar-refractivity contribution is 7.98. The van der Waals surface area contributed by atoms with Crippen molar-refractivity contribution in [3.8, 4) is 0 Å². The summed E-state index contributed by atoms with van der Waals surface area (Å²) < 4.78 is 0. The Balaban J connectivity index is 2.95. The minimum absolute atomic E-state index is 0.0373. The Kier molecular flexibility index (Phi) is 20.7. The van der Waals surface area contributed by atoms with Gasteiger partial charge in [0.05, 0.1) is 25.6 Å². The Labute approximate surface area is 301 Å². The summed E-state index contributed by atoms with van der Waals surface area (Å²) >= 11 is 1.35. The third-order valence-electron chi connectivity index (χ3n) is 7.96. The van der Waals surface area contributed by atoms with Crippen molar-refractivity contribution in [2.75, 3.05) is 38.2 Å². The quantitative estimate of drug-likeness (QED) is 0.0436. The van der Waals surface area contributed by atoms with E-state index < -0.39 is 103 Å². The molecule has 0 radical (unpaired) electrons. The molecule has 1 aliphatic rings. The average molecular weight is 747 g/mol. The van der Waals surface area contributed by atoms with Gasteiger partial charge in [0.25, 0.3) is 0 Å². The molecule has 19 nitrogen and oxygen atoms in total. The predicted molar refractivity (Wildman–Crippen MR) is 186 cm³/mol. The Bertz CT molecular complexity index is 1220. The number of aliphatic hydroxyl groups is 1. The number of nitrogens with zero attached hydrogens (tertiary/aromatic N) is 1. The molecule has 0 aromatic rings. The maximum Gasteiger partial charge on any atom is 0.326 e. The highest BCUT2D eigenvalue weighted by atomic mass is 32.2. The lowest BCUT2D eigenvalue weighted by molar-refractivity contribution is -0.143. The number of carbonyl (C=O) groups is 8. The normalized spacial score (nSPS) is 17.0. The largest absolute Gasteiger partial charge is 0.481 e. The molecule has 0 aromatic heterocycles. The molecule has 12 N–H and O–H groups in total. The van der Waals surface area contributed by atoms with E-state index >= 15 is 0 Å². The van der Waals surface area contributed by atoms with Crippen molar-refractivity contribution in [3.05, 3.63) is 0 Å². The van der Waals surface area contributed by atoms with E-state index in [4.69, 9.17) is 11.5 Å². The zero-order valence-corrected chi connectivity index (χ0v) is 30.2. The lowest BCUT2D eigenvalue weighted by Crippen LogP contribution is -2.58. The Morgan fingerprint density at radius 1 is 0.863 bits per heavy atom. The van der Waals surface area contributed by atoms with E-state index in [-0.39, 0.29) is 38.3 Å². The Hall–Kier alpha value is -4.01. The fraction of sp³-hybridized carbons (Fsp3) is 0.742. The number of hydrogen-bond acceptors (Lipinski definition) is 12. The van der Waals surface area contributed by atoms with Gasteiger partial charge in [-0.3, -0.25) is 33.6 Å². The molecule has 1 rings (SSSR count). The summed E-state index contributed by atoms with van der Waals surface area (Å²) in [6.45, 7) is 2.84. The highest BCUT2D eigenvalue weighted by Crippen LogP contribution is 2.19. The first-order valence-corrected chi connectivity index (χ1v) is 18.2. The van der Waals surface area contributed by atoms with E-state index in [0.29, 0.717) is 31.4 Å². The topological polar surface area (TPSA) is 313 Å². The summed E-state index contributed by atoms with van der Waals surface area (Å²) in [5.41, 5.74) is 11.4. The molecule has 6 amide bonds. The second-order valence-electron chi connectivity index (χ2n) is 12.6. The van der Waals surface area contributed by atoms with E-state index in [9.17, 15) is 53.7 Å². The summed E-state index contributed by atoms with van der Waals surface area (Å²) in [5.74, 6) is -7.04. The number of carboxylic acids is 2. The maximum absolute atomic E-state index is 13.2. The predicted octanol–water partition coefficient (Wildman–Crippen LogP) is -3.16. The molecule has 20 heteroatoms. The number of thioether (sulfide) groups is 1. The van der Waals surface area contributed by atoms with Gasteiger partial charge in [-0.05, 0) is 69.4 Å². The maximum atomic E-state index is 13.2. The van der Waals surface area contributed by atoms with Crippen molar-refractivity contribution < 1.29 is 53.7 Å². The number of carbonyl (C=O) groups excluding carboxylic acids is 6. The molecule has 0 bridgehead atoms. The van der Waals surface area contributed by atoms with Gasteiger partial charge in [-0.1, -0.05) is 13.8 Å². The van der Waals surface area contributed by atoms with E-state index in [1.807, 2.05) is 13.8 Å². The van der Waals surface area contributed by atoms with Crippen LogP contribution in [0.2, 0.25) is 0 Å². The van der Waals surface area contributed by atoms with Crippen LogP contribution in [-0.4, -0.2) is 142 Å². The third-order valence-corrected chi connectivity index (χ3v) is 8.60. The molecule has 0 unspecified atom stereocenters. The monoisotopic (exact) mass is 746 g/mol. The van der Waals surface area contributed by atoms with Crippen LogP contribution in [0.5, 0.6) is 0 Å². The average Bonchev–Trinajstić information content (AvgIpc) is 3.56. The smallest absolute Gasteiger partial charge is 0.326 e. The number of hydrogen-bond donors (Lipinski definition) is 10. The number of rotatable bonds is 24. The first-order chi connectivity index (χ1) is 24.1. The molecule has 1 heterocycles. The minimum atomic E-state index is -1.66. The summed E-state index contributed by atoms with van der Waals surface area (Å²) in [5, 5.41) is 40.5. The number of carboxylic acid groups (broad SMARTS) is 2. The van der Waals surface area contributed by atoms with Crippen LogP contribution < -0.4 is 38.1 Å². The Morgan fingerprint density at radius 2 is 1.49 bits per heavy atom. The molecule has 1 aliphatic heterocycles. The van der Waals surface area contributed by atoms with Gasteiger partial charge in [-0.15, -0.1) is 0 Å². The van der Waals surface area contributed by atoms with Crippen molar-refractivity contribution in [1.82, 2.24) is 31.5 Å². The molecule has 1 fully saturated rings. The van der Waals surface area contributed by atoms with Crippen molar-refractivity contribution in [1.29, 1.82) is 0 Å². The van der Waals surface area contributed by atoms with Gasteiger partial charge in [-0.2, -0.15) is 11.8 Å². The van der Waals surface area contributed by atoms with Crippen LogP contribution in [0.3, 0.4) is 0 Å². The molecule has 51 heavy (non-hydrogen) atoms. The first kappa shape index (κ1) is 45.0. The number of nitrogens with one attached hydrogen (secondary N) is 5. The van der Waals surface area contributed by atoms with E-state index in [2.05, 4.69) is 26.6 Å². The van der Waals surface area contributed by atoms with Crippen molar-refractivity contribution in [2.24, 2.45) is 17.4 Å². The van der Waals surface area contributed by atoms with Gasteiger partial charge in [0, 0.05) is 6.54 Å². The van der Waals surface area contributed by atoms with Crippen molar-refractivity contribution >= 4 is 59.1 Å². The van der Waals surface area contributed by atoms with Gasteiger partial charge in [0.2, 0.25) is 35.4 Å². The molecular formula is C31H54N8O11S. The Morgan fingerprint density at radius 3 is 2.06 bits per heavy atom. The van der Waals surface area contributed by atoms with Gasteiger partial charge < -0.3 is 58.3 Å². The number of amides is 6. The van der Waals surface area contributed by atoms with Crippen LogP contribution in [0.15, 0.2) is 0 Å². The van der Waals surface area contributed by atoms with Crippen LogP contribution in [0, 0.1) is 5.92 Å². The SMILES string of the molecule is CSCC[C@H](NC(=O)[C@H](CC(=O)O)NC(=O)[C@H](CCCCN)NC(=O)CNC(=O)[C@@H]1CCCN1C(=O)[C@H](CO)NC(=O)[C@@H](N)CC(C)C)C(=O)O. The summed E-state index contributed by atoms with van der Waals surface area (Å²) in [7, 11) is 0. The van der Waals surface area contributed by atoms with Crippen LogP contribution in [0.25, 0.3) is 0 Å². The summed E-state index contributed by atoms with van der Waals surface area (Å²) in [4.78, 5) is 102. The summed E-state index contributed by atoms with van der Waals surface area (Å²) in [6.07, 6.45) is 2.83. The lowest BCUT2D eigenvalue weighted by Gasteiger charge is -2.28. The zero-order valence-electron chi connectivity index (χ0n) is 29.4. The van der Waals surface area contributed by atoms with E-state index in [0.717, 1.165) is 0 Å². The number of likely N-dealkylation sites (tertiary alicyclic amines) is 1. The van der Waals surface area contributed by atoms with Gasteiger partial charge in [-0.25, -0.2) is 4.79 Å². The van der Waals surface area contributed by atoms with Gasteiger partial charge in [0.15, 0.2) is 0 Å². The van der Waals surface area contributed by atoms with E-state index in [1.165, 1.54) is 16.7 Å². The van der Waals surface area contributed by atoms with Crippen LogP contribution in [0.4, 0.5) is 0 Å². The molecular weight excluding hydrogens is 692 g/mol. The molecule has 0 spiro atoms. The number of aliphatic hydroxyl groups excluding tert-OH is 1. The fourth-order valence-corrected chi connectivity index (χ4v) is 5.77. The molecule has 0 saturated carbocycles. The first-order valence-electron chi connectivity index (χ1n) is 16.8. The molecule has 290 valence electrons. The molecule has 1 saturated heterocycles. The third kappa shape index (κ3) is 16.3. The highest BCUT2D eigenvalue weighted by Gasteiger charge is 2.38. The second-order valence-corrected chi connectivity index (χ2v) is 13.6. The zero-order chi connectivity index (χ0) is 38.7.